The smallest absolute Gasteiger partial charge is 0.315 e. The Bertz CT molecular complexity index is 213. The fourth-order valence-corrected chi connectivity index (χ4v) is 2.30. The minimum Gasteiger partial charge on any atom is -0.335 e. The number of hydrogen-bond donors (Lipinski definition) is 2. The van der Waals surface area contributed by atoms with E-state index in [2.05, 4.69) is 17.6 Å². The topological polar surface area (TPSA) is 41.1 Å². The van der Waals surface area contributed by atoms with Gasteiger partial charge in [0.15, 0.2) is 0 Å². The molecule has 14 heavy (non-hydrogen) atoms. The van der Waals surface area contributed by atoms with Crippen molar-refractivity contribution in [2.75, 3.05) is 0 Å². The zero-order valence-electron chi connectivity index (χ0n) is 8.88. The van der Waals surface area contributed by atoms with Crippen molar-refractivity contribution >= 4 is 6.03 Å². The van der Waals surface area contributed by atoms with Gasteiger partial charge in [0.05, 0.1) is 0 Å². The van der Waals surface area contributed by atoms with E-state index in [1.807, 2.05) is 0 Å². The van der Waals surface area contributed by atoms with Gasteiger partial charge in [0, 0.05) is 12.1 Å². The number of urea groups is 1. The molecule has 0 spiro atoms. The van der Waals surface area contributed by atoms with Crippen LogP contribution in [0.5, 0.6) is 0 Å². The van der Waals surface area contributed by atoms with E-state index in [9.17, 15) is 4.79 Å². The minimum absolute atomic E-state index is 0.0498. The molecule has 2 rings (SSSR count). The maximum Gasteiger partial charge on any atom is 0.315 e. The quantitative estimate of drug-likeness (QED) is 0.697. The van der Waals surface area contributed by atoms with Gasteiger partial charge in [0.25, 0.3) is 0 Å². The Morgan fingerprint density at radius 2 is 1.79 bits per heavy atom. The molecule has 0 radical (unpaired) electrons. The molecule has 80 valence electrons. The van der Waals surface area contributed by atoms with Crippen LogP contribution in [0.3, 0.4) is 0 Å². The molecule has 2 amide bonds. The van der Waals surface area contributed by atoms with Crippen molar-refractivity contribution in [2.45, 2.75) is 57.5 Å². The third kappa shape index (κ3) is 2.40. The molecular formula is C11H20N2O. The van der Waals surface area contributed by atoms with E-state index in [0.29, 0.717) is 12.1 Å². The molecule has 3 nitrogen and oxygen atoms in total. The average molecular weight is 196 g/mol. The van der Waals surface area contributed by atoms with E-state index in [0.717, 1.165) is 31.6 Å². The summed E-state index contributed by atoms with van der Waals surface area (Å²) < 4.78 is 0. The Balaban J connectivity index is 1.66. The third-order valence-electron chi connectivity index (χ3n) is 3.47. The summed E-state index contributed by atoms with van der Waals surface area (Å²) in [5.41, 5.74) is 0. The molecule has 2 fully saturated rings. The monoisotopic (exact) mass is 196 g/mol. The highest BCUT2D eigenvalue weighted by atomic mass is 16.2. The average Bonchev–Trinajstić information content (AvgIpc) is 2.44. The summed E-state index contributed by atoms with van der Waals surface area (Å²) in [6, 6.07) is 0.924. The standard InChI is InChI=1S/C11H20N2O/c1-8-5-6-10(7-8)13-11(14)12-9-3-2-4-9/h8-10H,2-7H2,1H3,(H2,12,13,14). The summed E-state index contributed by atoms with van der Waals surface area (Å²) in [7, 11) is 0. The molecule has 2 N–H and O–H groups in total. The first kappa shape index (κ1) is 9.81. The molecular weight excluding hydrogens is 176 g/mol. The van der Waals surface area contributed by atoms with Gasteiger partial charge < -0.3 is 10.6 Å². The van der Waals surface area contributed by atoms with Crippen LogP contribution in [-0.4, -0.2) is 18.1 Å². The molecule has 0 heterocycles. The summed E-state index contributed by atoms with van der Waals surface area (Å²) in [5.74, 6) is 0.781. The number of rotatable bonds is 2. The van der Waals surface area contributed by atoms with Gasteiger partial charge in [-0.3, -0.25) is 0 Å². The number of carbonyl (C=O) groups excluding carboxylic acids is 1. The summed E-state index contributed by atoms with van der Waals surface area (Å²) in [6.07, 6.45) is 7.15. The van der Waals surface area contributed by atoms with Crippen LogP contribution in [0.2, 0.25) is 0 Å². The summed E-state index contributed by atoms with van der Waals surface area (Å²) in [6.45, 7) is 2.26. The summed E-state index contributed by atoms with van der Waals surface area (Å²) >= 11 is 0. The van der Waals surface area contributed by atoms with Crippen molar-refractivity contribution in [1.29, 1.82) is 0 Å². The predicted molar refractivity (Wildman–Crippen MR) is 56.1 cm³/mol. The van der Waals surface area contributed by atoms with Crippen molar-refractivity contribution in [3.8, 4) is 0 Å². The predicted octanol–water partition coefficient (Wildman–Crippen LogP) is 2.03. The van der Waals surface area contributed by atoms with Crippen molar-refractivity contribution < 1.29 is 4.79 Å². The minimum atomic E-state index is 0.0498. The number of carbonyl (C=O) groups is 1. The van der Waals surface area contributed by atoms with E-state index >= 15 is 0 Å². The maximum atomic E-state index is 11.5. The maximum absolute atomic E-state index is 11.5. The fourth-order valence-electron chi connectivity index (χ4n) is 2.30. The zero-order chi connectivity index (χ0) is 9.97. The second kappa shape index (κ2) is 4.20. The van der Waals surface area contributed by atoms with Crippen molar-refractivity contribution in [3.63, 3.8) is 0 Å². The molecule has 0 aromatic heterocycles. The van der Waals surface area contributed by atoms with Crippen molar-refractivity contribution in [2.24, 2.45) is 5.92 Å². The van der Waals surface area contributed by atoms with E-state index in [4.69, 9.17) is 0 Å². The van der Waals surface area contributed by atoms with Gasteiger partial charge in [-0.25, -0.2) is 4.79 Å². The molecule has 2 unspecified atom stereocenters. The van der Waals surface area contributed by atoms with E-state index in [-0.39, 0.29) is 6.03 Å². The van der Waals surface area contributed by atoms with E-state index in [1.165, 1.54) is 12.8 Å². The molecule has 0 aromatic carbocycles. The molecule has 2 aliphatic carbocycles. The summed E-state index contributed by atoms with van der Waals surface area (Å²) in [4.78, 5) is 11.5. The molecule has 0 aromatic rings. The first-order valence-corrected chi connectivity index (χ1v) is 5.81. The number of hydrogen-bond acceptors (Lipinski definition) is 1. The second-order valence-electron chi connectivity index (χ2n) is 4.86. The lowest BCUT2D eigenvalue weighted by molar-refractivity contribution is 0.224. The summed E-state index contributed by atoms with van der Waals surface area (Å²) in [5, 5.41) is 6.07. The third-order valence-corrected chi connectivity index (χ3v) is 3.47. The van der Waals surface area contributed by atoms with Gasteiger partial charge in [-0.1, -0.05) is 6.92 Å². The van der Waals surface area contributed by atoms with Crippen LogP contribution in [0, 0.1) is 5.92 Å². The fraction of sp³-hybridized carbons (Fsp3) is 0.909. The Kier molecular flexibility index (Phi) is 2.94. The molecule has 0 aliphatic heterocycles. The zero-order valence-corrected chi connectivity index (χ0v) is 8.88. The van der Waals surface area contributed by atoms with Gasteiger partial charge in [-0.05, 0) is 44.4 Å². The van der Waals surface area contributed by atoms with E-state index < -0.39 is 0 Å². The number of nitrogens with one attached hydrogen (secondary N) is 2. The van der Waals surface area contributed by atoms with Gasteiger partial charge >= 0.3 is 6.03 Å². The SMILES string of the molecule is CC1CCC(NC(=O)NC2CCC2)C1. The van der Waals surface area contributed by atoms with Gasteiger partial charge in [0.1, 0.15) is 0 Å². The van der Waals surface area contributed by atoms with Crippen LogP contribution in [0.25, 0.3) is 0 Å². The Labute approximate surface area is 85.6 Å². The van der Waals surface area contributed by atoms with Crippen LogP contribution >= 0.6 is 0 Å². The van der Waals surface area contributed by atoms with Crippen molar-refractivity contribution in [3.05, 3.63) is 0 Å². The molecule has 3 heteroatoms. The van der Waals surface area contributed by atoms with Crippen LogP contribution in [0.4, 0.5) is 4.79 Å². The Morgan fingerprint density at radius 1 is 1.07 bits per heavy atom. The highest BCUT2D eigenvalue weighted by Gasteiger charge is 2.24. The lowest BCUT2D eigenvalue weighted by Crippen LogP contribution is -2.47. The largest absolute Gasteiger partial charge is 0.335 e. The molecule has 2 atom stereocenters. The second-order valence-corrected chi connectivity index (χ2v) is 4.86. The molecule has 2 saturated carbocycles. The lowest BCUT2D eigenvalue weighted by atomic mass is 9.93. The van der Waals surface area contributed by atoms with Crippen molar-refractivity contribution in [1.82, 2.24) is 10.6 Å². The van der Waals surface area contributed by atoms with Crippen LogP contribution in [-0.2, 0) is 0 Å². The first-order chi connectivity index (χ1) is 6.74. The first-order valence-electron chi connectivity index (χ1n) is 5.81. The highest BCUT2D eigenvalue weighted by molar-refractivity contribution is 5.74. The van der Waals surface area contributed by atoms with Gasteiger partial charge in [-0.2, -0.15) is 0 Å². The Hall–Kier alpha value is -0.730. The van der Waals surface area contributed by atoms with E-state index in [1.54, 1.807) is 0 Å². The highest BCUT2D eigenvalue weighted by Crippen LogP contribution is 2.24. The van der Waals surface area contributed by atoms with Gasteiger partial charge in [0.2, 0.25) is 0 Å². The molecule has 2 aliphatic rings. The van der Waals surface area contributed by atoms with Crippen LogP contribution in [0.1, 0.15) is 45.4 Å². The Morgan fingerprint density at radius 3 is 2.29 bits per heavy atom. The van der Waals surface area contributed by atoms with Crippen LogP contribution in [0.15, 0.2) is 0 Å². The van der Waals surface area contributed by atoms with Crippen LogP contribution < -0.4 is 10.6 Å². The lowest BCUT2D eigenvalue weighted by Gasteiger charge is -2.27. The molecule has 0 saturated heterocycles. The number of amides is 2. The normalized spacial score (nSPS) is 32.4. The van der Waals surface area contributed by atoms with Gasteiger partial charge in [-0.15, -0.1) is 0 Å². The molecule has 0 bridgehead atoms.